The summed E-state index contributed by atoms with van der Waals surface area (Å²) in [6.07, 6.45) is 45.1. The van der Waals surface area contributed by atoms with E-state index in [1.807, 2.05) is 18.2 Å². The topological polar surface area (TPSA) is 138 Å². The standard InChI is InChI=1S/C43H78NO8P/c1-3-5-7-9-11-13-15-17-18-19-21-23-25-27-29-31-37-49-42(40-52-53(47,48)51-38-36-44)39-50-43(46)35-32-34-41(45)33-30-28-26-24-22-20-16-14-12-10-8-6-4-2/h13,15,20,22,26,28,30-31,33,37,41-42,45H,3-12,14,16-19,21,23-25,27,29,32,34-36,38-40,44H2,1-2H3,(H,47,48)/b15-13-,22-20+,28-26+,33-30+,37-31+/t41?,42-/m1/s1. The molecule has 0 rings (SSSR count). The van der Waals surface area contributed by atoms with Crippen LogP contribution >= 0.6 is 7.82 Å². The third-order valence-electron chi connectivity index (χ3n) is 8.60. The van der Waals surface area contributed by atoms with E-state index in [4.69, 9.17) is 24.3 Å². The SMILES string of the molecule is CCCCCC/C=C\CCCCCCCC/C=C/O[C@H](COC(=O)CCCC(O)/C=C/C=C/C/C=C/CCCCCCCC)COP(=O)(O)OCCN. The summed E-state index contributed by atoms with van der Waals surface area (Å²) in [6, 6.07) is 0. The van der Waals surface area contributed by atoms with E-state index in [0.29, 0.717) is 12.8 Å². The number of unbranched alkanes of at least 4 members (excludes halogenated alkanes) is 17. The molecule has 4 N–H and O–H groups in total. The smallest absolute Gasteiger partial charge is 0.472 e. The zero-order chi connectivity index (χ0) is 38.9. The van der Waals surface area contributed by atoms with Crippen molar-refractivity contribution < 1.29 is 37.9 Å². The Hall–Kier alpha value is -2.00. The minimum Gasteiger partial charge on any atom is -0.492 e. The summed E-state index contributed by atoms with van der Waals surface area (Å²) >= 11 is 0. The minimum absolute atomic E-state index is 0.0724. The molecule has 0 amide bonds. The van der Waals surface area contributed by atoms with Crippen molar-refractivity contribution in [3.63, 3.8) is 0 Å². The molecule has 308 valence electrons. The normalized spacial score (nSPS) is 14.7. The van der Waals surface area contributed by atoms with Gasteiger partial charge in [-0.25, -0.2) is 4.57 Å². The second kappa shape index (κ2) is 39.7. The number of carbonyl (C=O) groups excluding carboxylic acids is 1. The number of phosphoric ester groups is 1. The molecule has 9 nitrogen and oxygen atoms in total. The molecule has 0 fully saturated rings. The lowest BCUT2D eigenvalue weighted by atomic mass is 10.1. The van der Waals surface area contributed by atoms with Crippen LogP contribution in [-0.4, -0.2) is 54.5 Å². The first-order chi connectivity index (χ1) is 25.8. The summed E-state index contributed by atoms with van der Waals surface area (Å²) in [6.45, 7) is 3.96. The van der Waals surface area contributed by atoms with Gasteiger partial charge in [-0.2, -0.15) is 0 Å². The molecule has 0 aliphatic heterocycles. The molecule has 0 aliphatic rings. The average molecular weight is 768 g/mol. The maximum absolute atomic E-state index is 12.4. The van der Waals surface area contributed by atoms with E-state index in [2.05, 4.69) is 44.2 Å². The molecule has 0 saturated heterocycles. The van der Waals surface area contributed by atoms with Crippen LogP contribution in [0.4, 0.5) is 0 Å². The quantitative estimate of drug-likeness (QED) is 0.0139. The van der Waals surface area contributed by atoms with E-state index in [1.165, 1.54) is 109 Å². The Bertz CT molecular complexity index is 1010. The summed E-state index contributed by atoms with van der Waals surface area (Å²) in [7, 11) is -4.31. The second-order valence-electron chi connectivity index (χ2n) is 13.8. The first-order valence-corrected chi connectivity index (χ1v) is 22.4. The molecule has 0 bridgehead atoms. The highest BCUT2D eigenvalue weighted by Gasteiger charge is 2.24. The third-order valence-corrected chi connectivity index (χ3v) is 9.58. The second-order valence-corrected chi connectivity index (χ2v) is 15.2. The average Bonchev–Trinajstić information content (AvgIpc) is 3.14. The Labute approximate surface area is 324 Å². The van der Waals surface area contributed by atoms with Crippen molar-refractivity contribution in [1.29, 1.82) is 0 Å². The number of ether oxygens (including phenoxy) is 2. The molecular formula is C43H78NO8P. The Morgan fingerprint density at radius 3 is 1.83 bits per heavy atom. The van der Waals surface area contributed by atoms with Gasteiger partial charge in [0.1, 0.15) is 6.61 Å². The Kier molecular flexibility index (Phi) is 38.2. The highest BCUT2D eigenvalue weighted by atomic mass is 31.2. The minimum atomic E-state index is -4.31. The molecule has 0 spiro atoms. The highest BCUT2D eigenvalue weighted by Crippen LogP contribution is 2.43. The Balaban J connectivity index is 4.31. The van der Waals surface area contributed by atoms with Crippen molar-refractivity contribution in [3.8, 4) is 0 Å². The van der Waals surface area contributed by atoms with E-state index in [-0.39, 0.29) is 32.8 Å². The number of esters is 1. The fraction of sp³-hybridized carbons (Fsp3) is 0.744. The predicted molar refractivity (Wildman–Crippen MR) is 220 cm³/mol. The van der Waals surface area contributed by atoms with E-state index in [1.54, 1.807) is 6.08 Å². The first kappa shape index (κ1) is 51.0. The molecule has 0 aromatic rings. The molecule has 0 heterocycles. The van der Waals surface area contributed by atoms with Crippen molar-refractivity contribution in [1.82, 2.24) is 0 Å². The number of allylic oxidation sites excluding steroid dienone is 8. The van der Waals surface area contributed by atoms with Crippen LogP contribution in [0.3, 0.4) is 0 Å². The van der Waals surface area contributed by atoms with Gasteiger partial charge in [-0.05, 0) is 76.7 Å². The molecule has 0 radical (unpaired) electrons. The van der Waals surface area contributed by atoms with Gasteiger partial charge in [0.05, 0.1) is 25.6 Å². The van der Waals surface area contributed by atoms with Crippen LogP contribution in [0.5, 0.6) is 0 Å². The number of hydrogen-bond acceptors (Lipinski definition) is 8. The van der Waals surface area contributed by atoms with Crippen molar-refractivity contribution in [2.45, 2.75) is 180 Å². The molecule has 3 atom stereocenters. The van der Waals surface area contributed by atoms with Gasteiger partial charge in [0, 0.05) is 13.0 Å². The maximum Gasteiger partial charge on any atom is 0.472 e. The monoisotopic (exact) mass is 768 g/mol. The molecule has 0 saturated carbocycles. The summed E-state index contributed by atoms with van der Waals surface area (Å²) < 4.78 is 33.0. The van der Waals surface area contributed by atoms with E-state index in [9.17, 15) is 19.4 Å². The van der Waals surface area contributed by atoms with Crippen molar-refractivity contribution in [2.24, 2.45) is 5.73 Å². The van der Waals surface area contributed by atoms with E-state index >= 15 is 0 Å². The van der Waals surface area contributed by atoms with Gasteiger partial charge in [0.15, 0.2) is 6.10 Å². The van der Waals surface area contributed by atoms with Gasteiger partial charge >= 0.3 is 13.8 Å². The van der Waals surface area contributed by atoms with E-state index < -0.39 is 26.0 Å². The molecule has 0 aliphatic carbocycles. The van der Waals surface area contributed by atoms with Gasteiger partial charge in [0.2, 0.25) is 0 Å². The molecule has 10 heteroatoms. The zero-order valence-electron chi connectivity index (χ0n) is 33.6. The van der Waals surface area contributed by atoms with Crippen LogP contribution < -0.4 is 5.73 Å². The molecule has 0 aromatic carbocycles. The van der Waals surface area contributed by atoms with Crippen LogP contribution in [-0.2, 0) is 27.9 Å². The zero-order valence-corrected chi connectivity index (χ0v) is 34.5. The van der Waals surface area contributed by atoms with Gasteiger partial charge in [-0.1, -0.05) is 140 Å². The predicted octanol–water partition coefficient (Wildman–Crippen LogP) is 11.5. The summed E-state index contributed by atoms with van der Waals surface area (Å²) in [5.74, 6) is -0.448. The van der Waals surface area contributed by atoms with Crippen molar-refractivity contribution in [3.05, 3.63) is 60.9 Å². The van der Waals surface area contributed by atoms with Crippen LogP contribution in [0, 0.1) is 0 Å². The fourth-order valence-electron chi connectivity index (χ4n) is 5.39. The number of hydrogen-bond donors (Lipinski definition) is 3. The molecular weight excluding hydrogens is 689 g/mol. The van der Waals surface area contributed by atoms with Crippen molar-refractivity contribution >= 4 is 13.8 Å². The number of nitrogens with two attached hydrogens (primary N) is 1. The van der Waals surface area contributed by atoms with Gasteiger partial charge in [0.25, 0.3) is 0 Å². The number of carbonyl (C=O) groups is 1. The lowest BCUT2D eigenvalue weighted by Crippen LogP contribution is -2.25. The molecule has 2 unspecified atom stereocenters. The van der Waals surface area contributed by atoms with Crippen LogP contribution in [0.15, 0.2) is 60.9 Å². The lowest BCUT2D eigenvalue weighted by molar-refractivity contribution is -0.147. The number of aliphatic hydroxyl groups is 1. The number of aliphatic hydroxyl groups excluding tert-OH is 1. The molecule has 53 heavy (non-hydrogen) atoms. The van der Waals surface area contributed by atoms with Crippen LogP contribution in [0.1, 0.15) is 168 Å². The summed E-state index contributed by atoms with van der Waals surface area (Å²) in [5, 5.41) is 10.2. The summed E-state index contributed by atoms with van der Waals surface area (Å²) in [5.41, 5.74) is 5.35. The highest BCUT2D eigenvalue weighted by molar-refractivity contribution is 7.47. The number of rotatable bonds is 39. The Morgan fingerprint density at radius 1 is 0.679 bits per heavy atom. The van der Waals surface area contributed by atoms with Gasteiger partial charge < -0.3 is 25.2 Å². The first-order valence-electron chi connectivity index (χ1n) is 20.9. The van der Waals surface area contributed by atoms with Crippen LogP contribution in [0.2, 0.25) is 0 Å². The third kappa shape index (κ3) is 39.5. The van der Waals surface area contributed by atoms with Gasteiger partial charge in [-0.15, -0.1) is 0 Å². The lowest BCUT2D eigenvalue weighted by Gasteiger charge is -2.19. The van der Waals surface area contributed by atoms with E-state index in [0.717, 1.165) is 32.1 Å². The van der Waals surface area contributed by atoms with Crippen LogP contribution in [0.25, 0.3) is 0 Å². The summed E-state index contributed by atoms with van der Waals surface area (Å²) in [4.78, 5) is 22.3. The fourth-order valence-corrected chi connectivity index (χ4v) is 6.16. The molecule has 0 aromatic heterocycles. The Morgan fingerprint density at radius 2 is 1.23 bits per heavy atom. The largest absolute Gasteiger partial charge is 0.492 e. The maximum atomic E-state index is 12.4. The van der Waals surface area contributed by atoms with Gasteiger partial charge in [-0.3, -0.25) is 13.8 Å². The van der Waals surface area contributed by atoms with Crippen molar-refractivity contribution in [2.75, 3.05) is 26.4 Å². The number of phosphoric acid groups is 1.